The van der Waals surface area contributed by atoms with Gasteiger partial charge in [0.2, 0.25) is 0 Å². The molecular formula is C16H15FN8. The molecule has 1 N–H and O–H groups in total. The fourth-order valence-corrected chi connectivity index (χ4v) is 2.65. The van der Waals surface area contributed by atoms with Crippen LogP contribution < -0.4 is 5.32 Å². The molecule has 0 saturated carbocycles. The van der Waals surface area contributed by atoms with Crippen LogP contribution in [-0.2, 0) is 0 Å². The second-order valence-electron chi connectivity index (χ2n) is 5.67. The van der Waals surface area contributed by atoms with Gasteiger partial charge in [-0.2, -0.15) is 0 Å². The van der Waals surface area contributed by atoms with E-state index < -0.39 is 0 Å². The maximum absolute atomic E-state index is 14.5. The van der Waals surface area contributed by atoms with Crippen LogP contribution in [0.2, 0.25) is 0 Å². The molecule has 0 unspecified atom stereocenters. The number of aryl methyl sites for hydroxylation is 1. The number of tetrazole rings is 1. The Balaban J connectivity index is 1.58. The van der Waals surface area contributed by atoms with Crippen LogP contribution in [0.25, 0.3) is 11.3 Å². The highest BCUT2D eigenvalue weighted by Gasteiger charge is 2.12. The second-order valence-corrected chi connectivity index (χ2v) is 5.67. The highest BCUT2D eigenvalue weighted by atomic mass is 19.1. The van der Waals surface area contributed by atoms with Crippen LogP contribution in [0.1, 0.15) is 24.4 Å². The summed E-state index contributed by atoms with van der Waals surface area (Å²) in [6.07, 6.45) is 3.38. The molecule has 4 rings (SSSR count). The minimum Gasteiger partial charge on any atom is -0.362 e. The minimum atomic E-state index is -0.309. The number of rotatable bonds is 4. The van der Waals surface area contributed by atoms with E-state index in [1.165, 1.54) is 10.7 Å². The van der Waals surface area contributed by atoms with Crippen LogP contribution in [0, 0.1) is 12.7 Å². The molecule has 3 aromatic heterocycles. The van der Waals surface area contributed by atoms with E-state index in [2.05, 4.69) is 30.9 Å². The summed E-state index contributed by atoms with van der Waals surface area (Å²) in [4.78, 5) is 4.13. The Bertz CT molecular complexity index is 1040. The van der Waals surface area contributed by atoms with E-state index in [1.54, 1.807) is 35.2 Å². The number of fused-ring (bicyclic) bond motifs is 1. The lowest BCUT2D eigenvalue weighted by atomic mass is 10.1. The molecule has 0 aliphatic carbocycles. The third-order valence-corrected chi connectivity index (χ3v) is 3.99. The average molecular weight is 338 g/mol. The van der Waals surface area contributed by atoms with E-state index in [9.17, 15) is 4.39 Å². The van der Waals surface area contributed by atoms with Crippen molar-refractivity contribution >= 4 is 11.5 Å². The number of halogens is 1. The third kappa shape index (κ3) is 2.80. The summed E-state index contributed by atoms with van der Waals surface area (Å²) in [5.74, 6) is 1.02. The number of benzene rings is 1. The van der Waals surface area contributed by atoms with Crippen molar-refractivity contribution < 1.29 is 4.39 Å². The van der Waals surface area contributed by atoms with E-state index in [0.29, 0.717) is 17.2 Å². The zero-order valence-electron chi connectivity index (χ0n) is 13.6. The van der Waals surface area contributed by atoms with Crippen molar-refractivity contribution in [3.63, 3.8) is 0 Å². The fourth-order valence-electron chi connectivity index (χ4n) is 2.65. The molecule has 25 heavy (non-hydrogen) atoms. The smallest absolute Gasteiger partial charge is 0.200 e. The van der Waals surface area contributed by atoms with Crippen LogP contribution in [0.5, 0.6) is 0 Å². The summed E-state index contributed by atoms with van der Waals surface area (Å²) in [6, 6.07) is 8.53. The van der Waals surface area contributed by atoms with Gasteiger partial charge < -0.3 is 9.88 Å². The van der Waals surface area contributed by atoms with Crippen LogP contribution in [0.15, 0.2) is 42.7 Å². The van der Waals surface area contributed by atoms with Gasteiger partial charge in [0.1, 0.15) is 17.5 Å². The summed E-state index contributed by atoms with van der Waals surface area (Å²) in [6.45, 7) is 3.76. The zero-order valence-corrected chi connectivity index (χ0v) is 13.6. The Morgan fingerprint density at radius 1 is 1.20 bits per heavy atom. The highest BCUT2D eigenvalue weighted by Crippen LogP contribution is 2.23. The lowest BCUT2D eigenvalue weighted by molar-refractivity contribution is 0.612. The van der Waals surface area contributed by atoms with Crippen molar-refractivity contribution in [1.29, 1.82) is 0 Å². The Labute approximate surface area is 142 Å². The van der Waals surface area contributed by atoms with Gasteiger partial charge in [0.15, 0.2) is 5.65 Å². The molecule has 0 bridgehead atoms. The van der Waals surface area contributed by atoms with Crippen molar-refractivity contribution in [3.05, 3.63) is 59.9 Å². The van der Waals surface area contributed by atoms with Gasteiger partial charge in [0.05, 0.1) is 11.7 Å². The van der Waals surface area contributed by atoms with E-state index in [0.717, 1.165) is 11.4 Å². The number of nitrogens with zero attached hydrogens (tertiary/aromatic N) is 7. The molecule has 0 saturated heterocycles. The number of hydrogen-bond acceptors (Lipinski definition) is 6. The summed E-state index contributed by atoms with van der Waals surface area (Å²) in [5, 5.41) is 18.6. The minimum absolute atomic E-state index is 0.145. The van der Waals surface area contributed by atoms with Gasteiger partial charge >= 0.3 is 0 Å². The lowest BCUT2D eigenvalue weighted by Gasteiger charge is -2.16. The normalized spacial score (nSPS) is 12.4. The second kappa shape index (κ2) is 5.93. The Morgan fingerprint density at radius 2 is 2.08 bits per heavy atom. The maximum atomic E-state index is 14.5. The first-order chi connectivity index (χ1) is 12.1. The quantitative estimate of drug-likeness (QED) is 0.615. The molecule has 8 nitrogen and oxygen atoms in total. The molecular weight excluding hydrogens is 323 g/mol. The molecule has 3 heterocycles. The van der Waals surface area contributed by atoms with Gasteiger partial charge in [-0.25, -0.2) is 9.37 Å². The van der Waals surface area contributed by atoms with E-state index in [4.69, 9.17) is 0 Å². The average Bonchev–Trinajstić information content (AvgIpc) is 3.23. The van der Waals surface area contributed by atoms with E-state index in [-0.39, 0.29) is 11.9 Å². The number of aromatic nitrogens is 7. The molecule has 0 aliphatic rings. The molecule has 0 spiro atoms. The molecule has 1 aromatic carbocycles. The standard InChI is InChI=1S/C16H15FN8/c1-10(19-15-5-6-16-20-22-23-25(16)21-15)12-3-4-14(13(17)9-12)24-8-7-18-11(24)2/h3-10H,1-2H3,(H,19,21)/t10-/m0/s1. The van der Waals surface area contributed by atoms with Gasteiger partial charge in [-0.15, -0.1) is 14.8 Å². The maximum Gasteiger partial charge on any atom is 0.200 e. The molecule has 0 fully saturated rings. The Morgan fingerprint density at radius 3 is 2.84 bits per heavy atom. The molecule has 4 aromatic rings. The predicted octanol–water partition coefficient (Wildman–Crippen LogP) is 2.33. The van der Waals surface area contributed by atoms with Gasteiger partial charge in [-0.1, -0.05) is 6.07 Å². The van der Waals surface area contributed by atoms with Crippen LogP contribution in [0.4, 0.5) is 10.2 Å². The number of anilines is 1. The summed E-state index contributed by atoms with van der Waals surface area (Å²) < 4.78 is 17.6. The first-order valence-electron chi connectivity index (χ1n) is 7.73. The Hall–Kier alpha value is -3.36. The van der Waals surface area contributed by atoms with Crippen molar-refractivity contribution in [1.82, 2.24) is 34.8 Å². The summed E-state index contributed by atoms with van der Waals surface area (Å²) in [5.41, 5.74) is 1.83. The largest absolute Gasteiger partial charge is 0.362 e. The van der Waals surface area contributed by atoms with Crippen molar-refractivity contribution in [2.24, 2.45) is 0 Å². The third-order valence-electron chi connectivity index (χ3n) is 3.99. The van der Waals surface area contributed by atoms with Gasteiger partial charge in [0.25, 0.3) is 0 Å². The molecule has 126 valence electrons. The number of nitrogens with one attached hydrogen (secondary N) is 1. The van der Waals surface area contributed by atoms with Crippen molar-refractivity contribution in [3.8, 4) is 5.69 Å². The Kier molecular flexibility index (Phi) is 3.60. The van der Waals surface area contributed by atoms with E-state index in [1.807, 2.05) is 19.9 Å². The van der Waals surface area contributed by atoms with Crippen molar-refractivity contribution in [2.75, 3.05) is 5.32 Å². The lowest BCUT2D eigenvalue weighted by Crippen LogP contribution is -2.10. The molecule has 0 radical (unpaired) electrons. The van der Waals surface area contributed by atoms with Crippen LogP contribution >= 0.6 is 0 Å². The molecule has 0 aliphatic heterocycles. The SMILES string of the molecule is Cc1nccn1-c1ccc([C@H](C)Nc2ccc3nnnn3n2)cc1F. The van der Waals surface area contributed by atoms with Crippen molar-refractivity contribution in [2.45, 2.75) is 19.9 Å². The fraction of sp³-hybridized carbons (Fsp3) is 0.188. The van der Waals surface area contributed by atoms with Gasteiger partial charge in [0, 0.05) is 12.4 Å². The van der Waals surface area contributed by atoms with Crippen LogP contribution in [-0.4, -0.2) is 34.8 Å². The predicted molar refractivity (Wildman–Crippen MR) is 88.9 cm³/mol. The van der Waals surface area contributed by atoms with Crippen LogP contribution in [0.3, 0.4) is 0 Å². The highest BCUT2D eigenvalue weighted by molar-refractivity contribution is 5.45. The van der Waals surface area contributed by atoms with Gasteiger partial charge in [-0.3, -0.25) is 0 Å². The molecule has 1 atom stereocenters. The monoisotopic (exact) mass is 338 g/mol. The van der Waals surface area contributed by atoms with E-state index >= 15 is 0 Å². The number of imidazole rings is 1. The molecule has 0 amide bonds. The summed E-state index contributed by atoms with van der Waals surface area (Å²) in [7, 11) is 0. The van der Waals surface area contributed by atoms with Gasteiger partial charge in [-0.05, 0) is 54.1 Å². The first-order valence-corrected chi connectivity index (χ1v) is 7.73. The zero-order chi connectivity index (χ0) is 17.4. The topological polar surface area (TPSA) is 85.8 Å². The molecule has 9 heteroatoms. The number of hydrogen-bond donors (Lipinski definition) is 1. The first kappa shape index (κ1) is 15.2. The summed E-state index contributed by atoms with van der Waals surface area (Å²) >= 11 is 0.